The van der Waals surface area contributed by atoms with Crippen LogP contribution in [0.1, 0.15) is 11.1 Å². The molecule has 1 aliphatic heterocycles. The van der Waals surface area contributed by atoms with E-state index >= 15 is 0 Å². The molecule has 3 nitrogen and oxygen atoms in total. The molecule has 3 rings (SSSR count). The summed E-state index contributed by atoms with van der Waals surface area (Å²) in [6, 6.07) is 13.6. The van der Waals surface area contributed by atoms with Crippen LogP contribution in [0.15, 0.2) is 46.9 Å². The number of hydrogen-bond donors (Lipinski definition) is 2. The lowest BCUT2D eigenvalue weighted by Crippen LogP contribution is -2.33. The van der Waals surface area contributed by atoms with Crippen molar-refractivity contribution in [2.24, 2.45) is 0 Å². The zero-order valence-corrected chi connectivity index (χ0v) is 12.7. The molecule has 4 heteroatoms. The summed E-state index contributed by atoms with van der Waals surface area (Å²) in [4.78, 5) is 12.4. The summed E-state index contributed by atoms with van der Waals surface area (Å²) >= 11 is 3.48. The van der Waals surface area contributed by atoms with Crippen LogP contribution in [-0.2, 0) is 11.2 Å². The topological polar surface area (TPSA) is 41.1 Å². The van der Waals surface area contributed by atoms with Crippen LogP contribution >= 0.6 is 15.9 Å². The van der Waals surface area contributed by atoms with Crippen molar-refractivity contribution in [2.45, 2.75) is 19.4 Å². The van der Waals surface area contributed by atoms with Crippen LogP contribution in [0.5, 0.6) is 0 Å². The number of halogens is 1. The molecular formula is C16H15BrN2O. The molecule has 2 aromatic carbocycles. The number of hydrogen-bond acceptors (Lipinski definition) is 2. The van der Waals surface area contributed by atoms with Crippen molar-refractivity contribution < 1.29 is 4.79 Å². The highest BCUT2D eigenvalue weighted by Gasteiger charge is 2.26. The van der Waals surface area contributed by atoms with Crippen molar-refractivity contribution in [1.82, 2.24) is 0 Å². The van der Waals surface area contributed by atoms with Crippen molar-refractivity contribution >= 4 is 33.2 Å². The Bertz CT molecular complexity index is 644. The Hall–Kier alpha value is -1.81. The lowest BCUT2D eigenvalue weighted by atomic mass is 10.1. The normalized spacial score (nSPS) is 16.4. The molecule has 1 heterocycles. The molecule has 0 fully saturated rings. The maximum absolute atomic E-state index is 12.4. The second-order valence-electron chi connectivity index (χ2n) is 4.96. The smallest absolute Gasteiger partial charge is 0.247 e. The lowest BCUT2D eigenvalue weighted by Gasteiger charge is -2.14. The monoisotopic (exact) mass is 330 g/mol. The molecular weight excluding hydrogens is 316 g/mol. The SMILES string of the molecule is Cc1c(Br)cccc1NC(=O)C1Cc2ccccc2N1. The van der Waals surface area contributed by atoms with Crippen LogP contribution < -0.4 is 10.6 Å². The third kappa shape index (κ3) is 2.43. The minimum Gasteiger partial charge on any atom is -0.373 e. The predicted octanol–water partition coefficient (Wildman–Crippen LogP) is 3.73. The molecule has 0 radical (unpaired) electrons. The van der Waals surface area contributed by atoms with Gasteiger partial charge in [-0.15, -0.1) is 0 Å². The number of carbonyl (C=O) groups is 1. The first-order valence-electron chi connectivity index (χ1n) is 6.55. The third-order valence-electron chi connectivity index (χ3n) is 3.61. The summed E-state index contributed by atoms with van der Waals surface area (Å²) in [6.45, 7) is 1.98. The van der Waals surface area contributed by atoms with Crippen LogP contribution in [0.25, 0.3) is 0 Å². The van der Waals surface area contributed by atoms with Crippen molar-refractivity contribution in [3.63, 3.8) is 0 Å². The Balaban J connectivity index is 1.74. The predicted molar refractivity (Wildman–Crippen MR) is 85.1 cm³/mol. The number of nitrogens with one attached hydrogen (secondary N) is 2. The Kier molecular flexibility index (Phi) is 3.49. The molecule has 102 valence electrons. The van der Waals surface area contributed by atoms with E-state index in [1.807, 2.05) is 43.3 Å². The van der Waals surface area contributed by atoms with Crippen LogP contribution in [0.2, 0.25) is 0 Å². The number of carbonyl (C=O) groups excluding carboxylic acids is 1. The van der Waals surface area contributed by atoms with Crippen LogP contribution in [-0.4, -0.2) is 11.9 Å². The van der Waals surface area contributed by atoms with Gasteiger partial charge in [-0.25, -0.2) is 0 Å². The number of anilines is 2. The van der Waals surface area contributed by atoms with Gasteiger partial charge in [0.15, 0.2) is 0 Å². The summed E-state index contributed by atoms with van der Waals surface area (Å²) in [6.07, 6.45) is 0.731. The first-order chi connectivity index (χ1) is 9.65. The zero-order valence-electron chi connectivity index (χ0n) is 11.1. The molecule has 1 amide bonds. The largest absolute Gasteiger partial charge is 0.373 e. The summed E-state index contributed by atoms with van der Waals surface area (Å²) in [5.74, 6) is 0.00222. The summed E-state index contributed by atoms with van der Waals surface area (Å²) in [5.41, 5.74) is 4.13. The van der Waals surface area contributed by atoms with Gasteiger partial charge in [0, 0.05) is 22.3 Å². The van der Waals surface area contributed by atoms with Crippen molar-refractivity contribution in [3.05, 3.63) is 58.1 Å². The Labute approximate surface area is 126 Å². The summed E-state index contributed by atoms with van der Waals surface area (Å²) in [5, 5.41) is 6.26. The number of benzene rings is 2. The van der Waals surface area contributed by atoms with Gasteiger partial charge in [-0.2, -0.15) is 0 Å². The van der Waals surface area contributed by atoms with E-state index < -0.39 is 0 Å². The summed E-state index contributed by atoms with van der Waals surface area (Å²) < 4.78 is 0.998. The van der Waals surface area contributed by atoms with E-state index in [0.717, 1.165) is 27.8 Å². The van der Waals surface area contributed by atoms with E-state index in [1.54, 1.807) is 0 Å². The Morgan fingerprint density at radius 2 is 2.05 bits per heavy atom. The van der Waals surface area contributed by atoms with Crippen molar-refractivity contribution in [1.29, 1.82) is 0 Å². The molecule has 0 aromatic heterocycles. The van der Waals surface area contributed by atoms with Gasteiger partial charge in [-0.05, 0) is 36.2 Å². The second-order valence-corrected chi connectivity index (χ2v) is 5.81. The lowest BCUT2D eigenvalue weighted by molar-refractivity contribution is -0.116. The van der Waals surface area contributed by atoms with Gasteiger partial charge in [-0.1, -0.05) is 40.2 Å². The highest BCUT2D eigenvalue weighted by Crippen LogP contribution is 2.27. The van der Waals surface area contributed by atoms with E-state index in [2.05, 4.69) is 32.6 Å². The Morgan fingerprint density at radius 3 is 2.85 bits per heavy atom. The average molecular weight is 331 g/mol. The maximum Gasteiger partial charge on any atom is 0.247 e. The molecule has 0 spiro atoms. The first kappa shape index (κ1) is 13.2. The molecule has 1 unspecified atom stereocenters. The fourth-order valence-corrected chi connectivity index (χ4v) is 2.78. The highest BCUT2D eigenvalue weighted by atomic mass is 79.9. The van der Waals surface area contributed by atoms with Gasteiger partial charge in [0.2, 0.25) is 5.91 Å². The Morgan fingerprint density at radius 1 is 1.25 bits per heavy atom. The second kappa shape index (κ2) is 5.29. The molecule has 20 heavy (non-hydrogen) atoms. The standard InChI is InChI=1S/C16H15BrN2O/c1-10-12(17)6-4-8-13(10)19-16(20)15-9-11-5-2-3-7-14(11)18-15/h2-8,15,18H,9H2,1H3,(H,19,20). The van der Waals surface area contributed by atoms with Gasteiger partial charge in [0.1, 0.15) is 6.04 Å². The number of fused-ring (bicyclic) bond motifs is 1. The molecule has 0 saturated heterocycles. The molecule has 0 aliphatic carbocycles. The fourth-order valence-electron chi connectivity index (χ4n) is 2.42. The van der Waals surface area contributed by atoms with Crippen LogP contribution in [0.4, 0.5) is 11.4 Å². The maximum atomic E-state index is 12.4. The minimum atomic E-state index is -0.203. The molecule has 0 bridgehead atoms. The van der Waals surface area contributed by atoms with Crippen LogP contribution in [0.3, 0.4) is 0 Å². The van der Waals surface area contributed by atoms with Crippen LogP contribution in [0, 0.1) is 6.92 Å². The minimum absolute atomic E-state index is 0.00222. The molecule has 0 saturated carbocycles. The zero-order chi connectivity index (χ0) is 14.1. The average Bonchev–Trinajstić information content (AvgIpc) is 2.88. The highest BCUT2D eigenvalue weighted by molar-refractivity contribution is 9.10. The first-order valence-corrected chi connectivity index (χ1v) is 7.35. The summed E-state index contributed by atoms with van der Waals surface area (Å²) in [7, 11) is 0. The van der Waals surface area contributed by atoms with E-state index in [-0.39, 0.29) is 11.9 Å². The number of amides is 1. The number of rotatable bonds is 2. The van der Waals surface area contributed by atoms with E-state index in [0.29, 0.717) is 0 Å². The number of para-hydroxylation sites is 1. The third-order valence-corrected chi connectivity index (χ3v) is 4.47. The van der Waals surface area contributed by atoms with E-state index in [9.17, 15) is 4.79 Å². The van der Waals surface area contributed by atoms with Gasteiger partial charge in [0.25, 0.3) is 0 Å². The molecule has 1 aliphatic rings. The molecule has 2 aromatic rings. The van der Waals surface area contributed by atoms with E-state index in [1.165, 1.54) is 5.56 Å². The fraction of sp³-hybridized carbons (Fsp3) is 0.188. The van der Waals surface area contributed by atoms with Gasteiger partial charge in [-0.3, -0.25) is 4.79 Å². The van der Waals surface area contributed by atoms with Gasteiger partial charge >= 0.3 is 0 Å². The van der Waals surface area contributed by atoms with E-state index in [4.69, 9.17) is 0 Å². The van der Waals surface area contributed by atoms with Crippen molar-refractivity contribution in [3.8, 4) is 0 Å². The quantitative estimate of drug-likeness (QED) is 0.880. The van der Waals surface area contributed by atoms with Gasteiger partial charge in [0.05, 0.1) is 0 Å². The molecule has 1 atom stereocenters. The molecule has 2 N–H and O–H groups in total. The van der Waals surface area contributed by atoms with Gasteiger partial charge < -0.3 is 10.6 Å². The van der Waals surface area contributed by atoms with Crippen molar-refractivity contribution in [2.75, 3.05) is 10.6 Å².